The van der Waals surface area contributed by atoms with Crippen molar-refractivity contribution in [2.45, 2.75) is 37.8 Å². The number of rotatable bonds is 6. The highest BCUT2D eigenvalue weighted by Gasteiger charge is 2.38. The molecule has 2 aromatic rings. The van der Waals surface area contributed by atoms with Gasteiger partial charge in [-0.05, 0) is 49.7 Å². The van der Waals surface area contributed by atoms with Crippen LogP contribution < -0.4 is 10.1 Å². The van der Waals surface area contributed by atoms with Crippen LogP contribution in [0.15, 0.2) is 53.4 Å². The molecule has 2 amide bonds. The number of anilines is 1. The quantitative estimate of drug-likeness (QED) is 0.622. The summed E-state index contributed by atoms with van der Waals surface area (Å²) in [7, 11) is -2.35. The number of urea groups is 1. The molecule has 190 valence electrons. The highest BCUT2D eigenvalue weighted by atomic mass is 32.2. The van der Waals surface area contributed by atoms with E-state index in [9.17, 15) is 22.7 Å². The molecule has 3 atom stereocenters. The van der Waals surface area contributed by atoms with E-state index in [0.717, 1.165) is 5.56 Å². The Kier molecular flexibility index (Phi) is 8.52. The SMILES string of the molecule is C/C=C/c1ccc2c(c1)O[C@@H](CN(C)C(=O)Nc1cccc(F)c1)[C@H](C)CN([C@@H](C)CO)S2(=O)=O. The first kappa shape index (κ1) is 26.7. The maximum absolute atomic E-state index is 13.5. The van der Waals surface area contributed by atoms with Crippen LogP contribution in [0.2, 0.25) is 0 Å². The first-order chi connectivity index (χ1) is 16.6. The van der Waals surface area contributed by atoms with Crippen LogP contribution in [0.3, 0.4) is 0 Å². The smallest absolute Gasteiger partial charge is 0.321 e. The molecule has 0 unspecified atom stereocenters. The lowest BCUT2D eigenvalue weighted by atomic mass is 10.0. The number of nitrogens with zero attached hydrogens (tertiary/aromatic N) is 2. The average Bonchev–Trinajstić information content (AvgIpc) is 2.81. The van der Waals surface area contributed by atoms with Gasteiger partial charge in [0.25, 0.3) is 0 Å². The van der Waals surface area contributed by atoms with Crippen LogP contribution in [0, 0.1) is 11.7 Å². The largest absolute Gasteiger partial charge is 0.487 e. The van der Waals surface area contributed by atoms with E-state index in [1.165, 1.54) is 33.5 Å². The van der Waals surface area contributed by atoms with E-state index in [2.05, 4.69) is 5.32 Å². The second-order valence-electron chi connectivity index (χ2n) is 8.77. The first-order valence-electron chi connectivity index (χ1n) is 11.4. The molecule has 8 nitrogen and oxygen atoms in total. The summed E-state index contributed by atoms with van der Waals surface area (Å²) in [6.07, 6.45) is 3.12. The van der Waals surface area contributed by atoms with Gasteiger partial charge < -0.3 is 20.1 Å². The molecule has 1 aliphatic rings. The molecule has 0 saturated heterocycles. The van der Waals surface area contributed by atoms with E-state index in [1.54, 1.807) is 32.2 Å². The minimum atomic E-state index is -3.94. The number of ether oxygens (including phenoxy) is 1. The highest BCUT2D eigenvalue weighted by Crippen LogP contribution is 2.34. The lowest BCUT2D eigenvalue weighted by Crippen LogP contribution is -2.50. The lowest BCUT2D eigenvalue weighted by Gasteiger charge is -2.37. The molecule has 1 heterocycles. The van der Waals surface area contributed by atoms with Crippen molar-refractivity contribution in [3.63, 3.8) is 0 Å². The molecule has 35 heavy (non-hydrogen) atoms. The Bertz CT molecular complexity index is 1190. The first-order valence-corrected chi connectivity index (χ1v) is 12.8. The molecule has 0 aliphatic carbocycles. The summed E-state index contributed by atoms with van der Waals surface area (Å²) in [5.74, 6) is -0.594. The zero-order chi connectivity index (χ0) is 25.8. The summed E-state index contributed by atoms with van der Waals surface area (Å²) in [6.45, 7) is 5.26. The molecule has 3 rings (SSSR count). The molecular weight excluding hydrogens is 473 g/mol. The number of hydrogen-bond donors (Lipinski definition) is 2. The number of sulfonamides is 1. The van der Waals surface area contributed by atoms with Crippen molar-refractivity contribution in [3.8, 4) is 5.75 Å². The Morgan fingerprint density at radius 2 is 2.09 bits per heavy atom. The molecular formula is C25H32FN3O5S. The molecule has 0 aromatic heterocycles. The van der Waals surface area contributed by atoms with Gasteiger partial charge in [-0.3, -0.25) is 0 Å². The van der Waals surface area contributed by atoms with E-state index < -0.39 is 34.0 Å². The van der Waals surface area contributed by atoms with Crippen LogP contribution >= 0.6 is 0 Å². The fourth-order valence-electron chi connectivity index (χ4n) is 3.89. The number of likely N-dealkylation sites (N-methyl/N-ethyl adjacent to an activating group) is 1. The van der Waals surface area contributed by atoms with Crippen molar-refractivity contribution in [1.29, 1.82) is 0 Å². The Balaban J connectivity index is 1.93. The summed E-state index contributed by atoms with van der Waals surface area (Å²) in [6, 6.07) is 9.36. The highest BCUT2D eigenvalue weighted by molar-refractivity contribution is 7.89. The average molecular weight is 506 g/mol. The number of benzene rings is 2. The summed E-state index contributed by atoms with van der Waals surface area (Å²) >= 11 is 0. The summed E-state index contributed by atoms with van der Waals surface area (Å²) < 4.78 is 48.0. The second-order valence-corrected chi connectivity index (χ2v) is 10.6. The molecule has 10 heteroatoms. The number of fused-ring (bicyclic) bond motifs is 1. The van der Waals surface area contributed by atoms with Gasteiger partial charge in [0, 0.05) is 31.2 Å². The maximum atomic E-state index is 13.5. The third-order valence-corrected chi connectivity index (χ3v) is 7.95. The predicted molar refractivity (Wildman–Crippen MR) is 133 cm³/mol. The van der Waals surface area contributed by atoms with E-state index >= 15 is 0 Å². The summed E-state index contributed by atoms with van der Waals surface area (Å²) in [5, 5.41) is 12.4. The van der Waals surface area contributed by atoms with E-state index in [4.69, 9.17) is 4.74 Å². The van der Waals surface area contributed by atoms with Gasteiger partial charge in [0.15, 0.2) is 0 Å². The van der Waals surface area contributed by atoms with Gasteiger partial charge in [-0.25, -0.2) is 17.6 Å². The van der Waals surface area contributed by atoms with Gasteiger partial charge in [-0.1, -0.05) is 31.2 Å². The monoisotopic (exact) mass is 505 g/mol. The molecule has 0 spiro atoms. The van der Waals surface area contributed by atoms with Gasteiger partial charge in [0.1, 0.15) is 22.6 Å². The van der Waals surface area contributed by atoms with Crippen LogP contribution in [-0.4, -0.2) is 67.7 Å². The molecule has 2 N–H and O–H groups in total. The fourth-order valence-corrected chi connectivity index (χ4v) is 5.72. The molecule has 0 bridgehead atoms. The topological polar surface area (TPSA) is 99.2 Å². The molecule has 0 radical (unpaired) electrons. The normalized spacial score (nSPS) is 20.9. The number of nitrogens with one attached hydrogen (secondary N) is 1. The van der Waals surface area contributed by atoms with E-state index in [-0.39, 0.29) is 36.3 Å². The van der Waals surface area contributed by atoms with Gasteiger partial charge in [0.05, 0.1) is 13.2 Å². The van der Waals surface area contributed by atoms with Crippen LogP contribution in [0.1, 0.15) is 26.3 Å². The van der Waals surface area contributed by atoms with Crippen molar-refractivity contribution in [3.05, 3.63) is 59.9 Å². The second kappa shape index (κ2) is 11.2. The van der Waals surface area contributed by atoms with Gasteiger partial charge in [-0.2, -0.15) is 4.31 Å². The number of carbonyl (C=O) groups excluding carboxylic acids is 1. The van der Waals surface area contributed by atoms with Crippen LogP contribution in [-0.2, 0) is 10.0 Å². The minimum absolute atomic E-state index is 0.00909. The number of halogens is 1. The van der Waals surface area contributed by atoms with Crippen LogP contribution in [0.5, 0.6) is 5.75 Å². The number of aliphatic hydroxyl groups excluding tert-OH is 1. The number of hydrogen-bond acceptors (Lipinski definition) is 5. The number of allylic oxidation sites excluding steroid dienone is 1. The van der Waals surface area contributed by atoms with Crippen molar-refractivity contribution in [2.75, 3.05) is 32.1 Å². The van der Waals surface area contributed by atoms with Crippen LogP contribution in [0.25, 0.3) is 6.08 Å². The Labute approximate surface area is 206 Å². The zero-order valence-electron chi connectivity index (χ0n) is 20.3. The Morgan fingerprint density at radius 3 is 2.74 bits per heavy atom. The van der Waals surface area contributed by atoms with E-state index in [0.29, 0.717) is 5.69 Å². The number of carbonyl (C=O) groups is 1. The van der Waals surface area contributed by atoms with Crippen LogP contribution in [0.4, 0.5) is 14.9 Å². The van der Waals surface area contributed by atoms with Crippen molar-refractivity contribution < 1.29 is 27.4 Å². The van der Waals surface area contributed by atoms with Gasteiger partial charge in [-0.15, -0.1) is 0 Å². The predicted octanol–water partition coefficient (Wildman–Crippen LogP) is 3.79. The Morgan fingerprint density at radius 1 is 1.34 bits per heavy atom. The summed E-state index contributed by atoms with van der Waals surface area (Å²) in [4.78, 5) is 14.2. The van der Waals surface area contributed by atoms with Gasteiger partial charge in [0.2, 0.25) is 10.0 Å². The summed E-state index contributed by atoms with van der Waals surface area (Å²) in [5.41, 5.74) is 1.09. The third kappa shape index (κ3) is 6.19. The molecule has 2 aromatic carbocycles. The van der Waals surface area contributed by atoms with Crippen molar-refractivity contribution >= 4 is 27.8 Å². The fraction of sp³-hybridized carbons (Fsp3) is 0.400. The molecule has 1 aliphatic heterocycles. The third-order valence-electron chi connectivity index (χ3n) is 5.93. The molecule has 0 saturated carbocycles. The maximum Gasteiger partial charge on any atom is 0.321 e. The van der Waals surface area contributed by atoms with E-state index in [1.807, 2.05) is 26.0 Å². The number of aliphatic hydroxyl groups is 1. The van der Waals surface area contributed by atoms with Gasteiger partial charge >= 0.3 is 6.03 Å². The lowest BCUT2D eigenvalue weighted by molar-refractivity contribution is 0.0830. The standard InChI is InChI=1S/C25H32FN3O5S/c1-5-7-19-10-11-24-22(12-19)34-23(17(2)14-29(18(3)16-30)35(24,32)33)15-28(4)25(31)27-21-9-6-8-20(26)13-21/h5-13,17-18,23,30H,14-16H2,1-4H3,(H,27,31)/b7-5+/t17-,18+,23+/m1/s1. The number of amides is 2. The van der Waals surface area contributed by atoms with Crippen molar-refractivity contribution in [1.82, 2.24) is 9.21 Å². The Hall–Kier alpha value is -2.95. The zero-order valence-corrected chi connectivity index (χ0v) is 21.1. The molecule has 0 fully saturated rings. The minimum Gasteiger partial charge on any atom is -0.487 e. The van der Waals surface area contributed by atoms with Crippen molar-refractivity contribution in [2.24, 2.45) is 5.92 Å².